The van der Waals surface area contributed by atoms with Crippen molar-refractivity contribution in [1.82, 2.24) is 4.98 Å². The Kier molecular flexibility index (Phi) is 3.98. The maximum atomic E-state index is 12.4. The van der Waals surface area contributed by atoms with Gasteiger partial charge in [0.25, 0.3) is 11.5 Å². The molecule has 0 aliphatic rings. The van der Waals surface area contributed by atoms with Gasteiger partial charge in [0, 0.05) is 10.4 Å². The number of pyridine rings is 1. The summed E-state index contributed by atoms with van der Waals surface area (Å²) in [5, 5.41) is 13.8. The molecule has 0 atom stereocenters. The Morgan fingerprint density at radius 1 is 1.13 bits per heavy atom. The minimum atomic E-state index is -0.765. The fourth-order valence-corrected chi connectivity index (χ4v) is 2.67. The Hall–Kier alpha value is -2.50. The predicted octanol–water partition coefficient (Wildman–Crippen LogP) is 3.79. The Morgan fingerprint density at radius 3 is 2.61 bits per heavy atom. The van der Waals surface area contributed by atoms with Gasteiger partial charge in [0.2, 0.25) is 0 Å². The van der Waals surface area contributed by atoms with E-state index in [4.69, 9.17) is 23.2 Å². The molecule has 3 rings (SSSR count). The van der Waals surface area contributed by atoms with Crippen LogP contribution in [-0.2, 0) is 0 Å². The second-order valence-corrected chi connectivity index (χ2v) is 5.65. The van der Waals surface area contributed by atoms with E-state index in [1.807, 2.05) is 0 Å². The molecular weight excluding hydrogens is 339 g/mol. The molecule has 3 N–H and O–H groups in total. The number of para-hydroxylation sites is 1. The van der Waals surface area contributed by atoms with Gasteiger partial charge in [-0.05, 0) is 30.3 Å². The van der Waals surface area contributed by atoms with Crippen LogP contribution in [0.15, 0.2) is 47.3 Å². The van der Waals surface area contributed by atoms with Crippen LogP contribution in [0, 0.1) is 0 Å². The van der Waals surface area contributed by atoms with Crippen LogP contribution in [0.25, 0.3) is 10.9 Å². The number of hydrogen-bond acceptors (Lipinski definition) is 3. The first kappa shape index (κ1) is 15.4. The number of aromatic hydroxyl groups is 1. The van der Waals surface area contributed by atoms with E-state index in [2.05, 4.69) is 10.3 Å². The molecule has 1 heterocycles. The number of carbonyl (C=O) groups is 1. The summed E-state index contributed by atoms with van der Waals surface area (Å²) in [7, 11) is 0. The summed E-state index contributed by atoms with van der Waals surface area (Å²) in [6.45, 7) is 0. The third-order valence-electron chi connectivity index (χ3n) is 3.30. The summed E-state index contributed by atoms with van der Waals surface area (Å²) in [5.74, 6) is -1.15. The van der Waals surface area contributed by atoms with Crippen molar-refractivity contribution in [1.29, 1.82) is 0 Å². The van der Waals surface area contributed by atoms with Crippen molar-refractivity contribution in [2.24, 2.45) is 0 Å². The summed E-state index contributed by atoms with van der Waals surface area (Å²) < 4.78 is 0. The molecule has 23 heavy (non-hydrogen) atoms. The minimum Gasteiger partial charge on any atom is -0.506 e. The molecule has 7 heteroatoms. The van der Waals surface area contributed by atoms with Crippen molar-refractivity contribution < 1.29 is 9.90 Å². The summed E-state index contributed by atoms with van der Waals surface area (Å²) in [6.07, 6.45) is 0. The molecule has 0 fully saturated rings. The lowest BCUT2D eigenvalue weighted by Gasteiger charge is -2.09. The zero-order chi connectivity index (χ0) is 16.6. The van der Waals surface area contributed by atoms with Crippen molar-refractivity contribution in [3.05, 3.63) is 68.4 Å². The molecule has 0 unspecified atom stereocenters. The monoisotopic (exact) mass is 348 g/mol. The fraction of sp³-hybridized carbons (Fsp3) is 0. The topological polar surface area (TPSA) is 82.2 Å². The number of aromatic nitrogens is 1. The highest BCUT2D eigenvalue weighted by Gasteiger charge is 2.19. The number of H-pyrrole nitrogens is 1. The summed E-state index contributed by atoms with van der Waals surface area (Å²) in [5.41, 5.74) is -0.345. The van der Waals surface area contributed by atoms with Crippen LogP contribution in [-0.4, -0.2) is 16.0 Å². The molecule has 0 aliphatic carbocycles. The van der Waals surface area contributed by atoms with Gasteiger partial charge in [0.15, 0.2) is 0 Å². The summed E-state index contributed by atoms with van der Waals surface area (Å²) in [4.78, 5) is 27.0. The molecule has 1 amide bonds. The lowest BCUT2D eigenvalue weighted by atomic mass is 10.1. The SMILES string of the molecule is O=C(Nc1ccc(Cl)cc1Cl)c1c(O)c2ccccc2[nH]c1=O. The molecular formula is C16H10Cl2N2O3. The van der Waals surface area contributed by atoms with Crippen LogP contribution < -0.4 is 10.9 Å². The molecule has 2 aromatic carbocycles. The van der Waals surface area contributed by atoms with Crippen LogP contribution >= 0.6 is 23.2 Å². The van der Waals surface area contributed by atoms with Gasteiger partial charge in [-0.15, -0.1) is 0 Å². The smallest absolute Gasteiger partial charge is 0.265 e. The fourth-order valence-electron chi connectivity index (χ4n) is 2.21. The molecule has 0 saturated carbocycles. The quantitative estimate of drug-likeness (QED) is 0.658. The highest BCUT2D eigenvalue weighted by atomic mass is 35.5. The van der Waals surface area contributed by atoms with Crippen LogP contribution in [0.4, 0.5) is 5.69 Å². The number of halogens is 2. The van der Waals surface area contributed by atoms with E-state index in [0.29, 0.717) is 15.9 Å². The number of benzene rings is 2. The first-order chi connectivity index (χ1) is 11.0. The Bertz CT molecular complexity index is 983. The van der Waals surface area contributed by atoms with E-state index in [9.17, 15) is 14.7 Å². The number of nitrogens with one attached hydrogen (secondary N) is 2. The molecule has 0 saturated heterocycles. The van der Waals surface area contributed by atoms with Crippen LogP contribution in [0.1, 0.15) is 10.4 Å². The highest BCUT2D eigenvalue weighted by Crippen LogP contribution is 2.28. The van der Waals surface area contributed by atoms with E-state index >= 15 is 0 Å². The van der Waals surface area contributed by atoms with E-state index in [0.717, 1.165) is 0 Å². The molecule has 0 spiro atoms. The van der Waals surface area contributed by atoms with Crippen molar-refractivity contribution in [3.63, 3.8) is 0 Å². The average Bonchev–Trinajstić information content (AvgIpc) is 2.50. The molecule has 3 aromatic rings. The number of anilines is 1. The Balaban J connectivity index is 2.06. The van der Waals surface area contributed by atoms with Crippen LogP contribution in [0.3, 0.4) is 0 Å². The van der Waals surface area contributed by atoms with Gasteiger partial charge in [-0.25, -0.2) is 0 Å². The van der Waals surface area contributed by atoms with Gasteiger partial charge in [-0.2, -0.15) is 0 Å². The highest BCUT2D eigenvalue weighted by molar-refractivity contribution is 6.36. The second kappa shape index (κ2) is 5.95. The molecule has 116 valence electrons. The lowest BCUT2D eigenvalue weighted by Crippen LogP contribution is -2.23. The molecule has 5 nitrogen and oxygen atoms in total. The summed E-state index contributed by atoms with van der Waals surface area (Å²) >= 11 is 11.8. The number of hydrogen-bond donors (Lipinski definition) is 3. The van der Waals surface area contributed by atoms with Crippen molar-refractivity contribution in [2.45, 2.75) is 0 Å². The second-order valence-electron chi connectivity index (χ2n) is 4.80. The number of aromatic amines is 1. The number of rotatable bonds is 2. The van der Waals surface area contributed by atoms with E-state index in [1.165, 1.54) is 12.1 Å². The first-order valence-corrected chi connectivity index (χ1v) is 7.33. The zero-order valence-corrected chi connectivity index (χ0v) is 13.1. The predicted molar refractivity (Wildman–Crippen MR) is 90.6 cm³/mol. The van der Waals surface area contributed by atoms with Gasteiger partial charge in [-0.3, -0.25) is 9.59 Å². The first-order valence-electron chi connectivity index (χ1n) is 6.58. The zero-order valence-electron chi connectivity index (χ0n) is 11.6. The normalized spacial score (nSPS) is 10.7. The lowest BCUT2D eigenvalue weighted by molar-refractivity contribution is 0.102. The average molecular weight is 349 g/mol. The standard InChI is InChI=1S/C16H10Cl2N2O3/c17-8-5-6-12(10(18)7-8)20-16(23)13-14(21)9-3-1-2-4-11(9)19-15(13)22/h1-7H,(H,20,23)(H2,19,21,22). The Morgan fingerprint density at radius 2 is 1.87 bits per heavy atom. The largest absolute Gasteiger partial charge is 0.506 e. The third-order valence-corrected chi connectivity index (χ3v) is 3.85. The minimum absolute atomic E-state index is 0.225. The summed E-state index contributed by atoms with van der Waals surface area (Å²) in [6, 6.07) is 11.2. The number of fused-ring (bicyclic) bond motifs is 1. The molecule has 1 aromatic heterocycles. The van der Waals surface area contributed by atoms with Crippen molar-refractivity contribution in [2.75, 3.05) is 5.32 Å². The Labute approximate surface area is 140 Å². The van der Waals surface area contributed by atoms with Crippen molar-refractivity contribution in [3.8, 4) is 5.75 Å². The molecule has 0 bridgehead atoms. The molecule has 0 aliphatic heterocycles. The number of carbonyl (C=O) groups excluding carboxylic acids is 1. The molecule has 0 radical (unpaired) electrons. The maximum Gasteiger partial charge on any atom is 0.265 e. The van der Waals surface area contributed by atoms with Crippen LogP contribution in [0.2, 0.25) is 10.0 Å². The van der Waals surface area contributed by atoms with Gasteiger partial charge in [0.05, 0.1) is 16.2 Å². The van der Waals surface area contributed by atoms with Crippen LogP contribution in [0.5, 0.6) is 5.75 Å². The van der Waals surface area contributed by atoms with E-state index in [-0.39, 0.29) is 22.0 Å². The number of amides is 1. The third kappa shape index (κ3) is 2.88. The van der Waals surface area contributed by atoms with Gasteiger partial charge >= 0.3 is 0 Å². The van der Waals surface area contributed by atoms with Gasteiger partial charge in [-0.1, -0.05) is 35.3 Å². The van der Waals surface area contributed by atoms with E-state index in [1.54, 1.807) is 30.3 Å². The van der Waals surface area contributed by atoms with Crippen molar-refractivity contribution >= 4 is 45.7 Å². The van der Waals surface area contributed by atoms with Gasteiger partial charge < -0.3 is 15.4 Å². The van der Waals surface area contributed by atoms with Gasteiger partial charge in [0.1, 0.15) is 11.3 Å². The maximum absolute atomic E-state index is 12.4. The van der Waals surface area contributed by atoms with E-state index < -0.39 is 11.5 Å².